The molecule has 1 radical (unpaired) electrons. The Morgan fingerprint density at radius 1 is 1.31 bits per heavy atom. The van der Waals surface area contributed by atoms with Crippen LogP contribution in [0.5, 0.6) is 0 Å². The molecule has 0 saturated carbocycles. The number of benzene rings is 1. The van der Waals surface area contributed by atoms with Crippen LogP contribution in [0, 0.1) is 6.42 Å². The molecule has 0 aliphatic carbocycles. The largest absolute Gasteiger partial charge is 0.286 e. The second kappa shape index (κ2) is 5.32. The maximum Gasteiger partial charge on any atom is 0.233 e. The molecular formula is C10H12NO2. The van der Waals surface area contributed by atoms with Crippen molar-refractivity contribution in [1.29, 1.82) is 0 Å². The predicted molar refractivity (Wildman–Crippen MR) is 49.0 cm³/mol. The molecule has 0 fully saturated rings. The Morgan fingerprint density at radius 3 is 2.62 bits per heavy atom. The normalized spacial score (nSPS) is 9.62. The first-order valence-corrected chi connectivity index (χ1v) is 4.09. The summed E-state index contributed by atoms with van der Waals surface area (Å²) >= 11 is 0. The molecule has 0 aromatic heterocycles. The van der Waals surface area contributed by atoms with Gasteiger partial charge < -0.3 is 0 Å². The summed E-state index contributed by atoms with van der Waals surface area (Å²) in [6.45, 7) is 0.262. The van der Waals surface area contributed by atoms with Crippen LogP contribution in [0.25, 0.3) is 0 Å². The lowest BCUT2D eigenvalue weighted by molar-refractivity contribution is -0.147. The van der Waals surface area contributed by atoms with Crippen molar-refractivity contribution in [2.75, 3.05) is 6.54 Å². The van der Waals surface area contributed by atoms with Crippen molar-refractivity contribution in [2.45, 2.75) is 6.42 Å². The van der Waals surface area contributed by atoms with Crippen LogP contribution < -0.4 is 0 Å². The Balaban J connectivity index is 2.24. The summed E-state index contributed by atoms with van der Waals surface area (Å²) in [5, 5.41) is 9.38. The Morgan fingerprint density at radius 2 is 2.00 bits per heavy atom. The van der Waals surface area contributed by atoms with Crippen LogP contribution >= 0.6 is 0 Å². The van der Waals surface area contributed by atoms with Crippen molar-refractivity contribution in [3.05, 3.63) is 42.3 Å². The van der Waals surface area contributed by atoms with Crippen LogP contribution in [0.2, 0.25) is 0 Å². The van der Waals surface area contributed by atoms with Gasteiger partial charge in [-0.05, 0) is 18.4 Å². The third kappa shape index (κ3) is 3.71. The van der Waals surface area contributed by atoms with E-state index in [1.165, 1.54) is 5.56 Å². The molecule has 1 aromatic rings. The molecule has 0 atom stereocenters. The molecule has 69 valence electrons. The molecule has 1 amide bonds. The fraction of sp³-hybridized carbons (Fsp3) is 0.200. The van der Waals surface area contributed by atoms with E-state index in [1.807, 2.05) is 36.8 Å². The minimum absolute atomic E-state index is 0.262. The molecule has 0 aliphatic heterocycles. The number of rotatable bonds is 5. The molecule has 3 heteroatoms. The first kappa shape index (κ1) is 9.74. The maximum absolute atomic E-state index is 10.0. The SMILES string of the molecule is O=CN(O)C[CH]Cc1ccccc1. The van der Waals surface area contributed by atoms with E-state index < -0.39 is 0 Å². The minimum Gasteiger partial charge on any atom is -0.286 e. The Labute approximate surface area is 77.6 Å². The highest BCUT2D eigenvalue weighted by molar-refractivity contribution is 5.44. The average Bonchev–Trinajstić information content (AvgIpc) is 2.19. The van der Waals surface area contributed by atoms with Crippen LogP contribution in [0.3, 0.4) is 0 Å². The van der Waals surface area contributed by atoms with Crippen LogP contribution in [-0.2, 0) is 11.2 Å². The van der Waals surface area contributed by atoms with Crippen LogP contribution in [0.4, 0.5) is 0 Å². The van der Waals surface area contributed by atoms with Gasteiger partial charge in [-0.3, -0.25) is 10.0 Å². The van der Waals surface area contributed by atoms with Gasteiger partial charge in [0.25, 0.3) is 0 Å². The van der Waals surface area contributed by atoms with Crippen LogP contribution in [0.1, 0.15) is 5.56 Å². The number of hydroxylamine groups is 2. The molecule has 0 bridgehead atoms. The zero-order valence-corrected chi connectivity index (χ0v) is 7.26. The van der Waals surface area contributed by atoms with Gasteiger partial charge in [-0.2, -0.15) is 0 Å². The fourth-order valence-electron chi connectivity index (χ4n) is 1.02. The van der Waals surface area contributed by atoms with E-state index in [2.05, 4.69) is 0 Å². The van der Waals surface area contributed by atoms with Crippen molar-refractivity contribution < 1.29 is 10.0 Å². The predicted octanol–water partition coefficient (Wildman–Crippen LogP) is 1.28. The zero-order valence-electron chi connectivity index (χ0n) is 7.26. The van der Waals surface area contributed by atoms with E-state index in [-0.39, 0.29) is 6.54 Å². The Kier molecular flexibility index (Phi) is 3.99. The van der Waals surface area contributed by atoms with E-state index >= 15 is 0 Å². The first-order valence-electron chi connectivity index (χ1n) is 4.09. The fourth-order valence-corrected chi connectivity index (χ4v) is 1.02. The Hall–Kier alpha value is -1.35. The molecule has 1 rings (SSSR count). The summed E-state index contributed by atoms with van der Waals surface area (Å²) in [6, 6.07) is 9.87. The topological polar surface area (TPSA) is 40.5 Å². The van der Waals surface area contributed by atoms with Gasteiger partial charge in [0.1, 0.15) is 0 Å². The molecule has 0 heterocycles. The van der Waals surface area contributed by atoms with Crippen molar-refractivity contribution in [1.82, 2.24) is 5.06 Å². The minimum atomic E-state index is 0.262. The highest BCUT2D eigenvalue weighted by Crippen LogP contribution is 2.01. The standard InChI is InChI=1S/C10H12NO2/c12-9-11(13)8-4-7-10-5-2-1-3-6-10/h1-6,9,13H,7-8H2. The first-order chi connectivity index (χ1) is 6.33. The third-order valence-corrected chi connectivity index (χ3v) is 1.66. The van der Waals surface area contributed by atoms with Crippen molar-refractivity contribution in [2.24, 2.45) is 0 Å². The summed E-state index contributed by atoms with van der Waals surface area (Å²) in [7, 11) is 0. The Bertz CT molecular complexity index is 248. The second-order valence-corrected chi connectivity index (χ2v) is 2.71. The molecule has 1 N–H and O–H groups in total. The van der Waals surface area contributed by atoms with Crippen molar-refractivity contribution >= 4 is 6.41 Å². The quantitative estimate of drug-likeness (QED) is 0.419. The van der Waals surface area contributed by atoms with E-state index in [0.29, 0.717) is 11.5 Å². The highest BCUT2D eigenvalue weighted by Gasteiger charge is 1.96. The number of amides is 1. The summed E-state index contributed by atoms with van der Waals surface area (Å²) in [4.78, 5) is 10.0. The lowest BCUT2D eigenvalue weighted by Gasteiger charge is -2.06. The maximum atomic E-state index is 10.0. The van der Waals surface area contributed by atoms with E-state index in [9.17, 15) is 4.79 Å². The third-order valence-electron chi connectivity index (χ3n) is 1.66. The molecule has 0 saturated heterocycles. The lowest BCUT2D eigenvalue weighted by atomic mass is 10.1. The van der Waals surface area contributed by atoms with Gasteiger partial charge in [0.15, 0.2) is 0 Å². The zero-order chi connectivity index (χ0) is 9.52. The van der Waals surface area contributed by atoms with Crippen LogP contribution in [-0.4, -0.2) is 23.2 Å². The molecule has 0 spiro atoms. The lowest BCUT2D eigenvalue weighted by Crippen LogP contribution is -2.18. The smallest absolute Gasteiger partial charge is 0.233 e. The van der Waals surface area contributed by atoms with Gasteiger partial charge >= 0.3 is 0 Å². The van der Waals surface area contributed by atoms with E-state index in [4.69, 9.17) is 5.21 Å². The number of carbonyl (C=O) groups is 1. The molecular weight excluding hydrogens is 166 g/mol. The summed E-state index contributed by atoms with van der Waals surface area (Å²) in [5.74, 6) is 0. The second-order valence-electron chi connectivity index (χ2n) is 2.71. The molecule has 13 heavy (non-hydrogen) atoms. The van der Waals surface area contributed by atoms with Gasteiger partial charge in [0.05, 0.1) is 6.54 Å². The van der Waals surface area contributed by atoms with Crippen molar-refractivity contribution in [3.63, 3.8) is 0 Å². The summed E-state index contributed by atoms with van der Waals surface area (Å²) < 4.78 is 0. The van der Waals surface area contributed by atoms with E-state index in [1.54, 1.807) is 0 Å². The van der Waals surface area contributed by atoms with E-state index in [0.717, 1.165) is 6.42 Å². The summed E-state index contributed by atoms with van der Waals surface area (Å²) in [5.41, 5.74) is 1.17. The number of nitrogens with zero attached hydrogens (tertiary/aromatic N) is 1. The van der Waals surface area contributed by atoms with Gasteiger partial charge in [-0.1, -0.05) is 30.3 Å². The van der Waals surface area contributed by atoms with Gasteiger partial charge in [-0.15, -0.1) is 0 Å². The number of hydrogen-bond donors (Lipinski definition) is 1. The van der Waals surface area contributed by atoms with Gasteiger partial charge in [0.2, 0.25) is 6.41 Å². The van der Waals surface area contributed by atoms with Crippen molar-refractivity contribution in [3.8, 4) is 0 Å². The number of hydrogen-bond acceptors (Lipinski definition) is 2. The molecule has 3 nitrogen and oxygen atoms in total. The molecule has 0 aliphatic rings. The van der Waals surface area contributed by atoms with Gasteiger partial charge in [-0.25, -0.2) is 5.06 Å². The summed E-state index contributed by atoms with van der Waals surface area (Å²) in [6.07, 6.45) is 2.98. The van der Waals surface area contributed by atoms with Gasteiger partial charge in [0, 0.05) is 0 Å². The monoisotopic (exact) mass is 178 g/mol. The average molecular weight is 178 g/mol. The molecule has 0 unspecified atom stereocenters. The molecule has 1 aromatic carbocycles. The highest BCUT2D eigenvalue weighted by atomic mass is 16.5. The number of carbonyl (C=O) groups excluding carboxylic acids is 1. The van der Waals surface area contributed by atoms with Crippen LogP contribution in [0.15, 0.2) is 30.3 Å².